The summed E-state index contributed by atoms with van der Waals surface area (Å²) in [6.45, 7) is 6.80. The van der Waals surface area contributed by atoms with Gasteiger partial charge >= 0.3 is 0 Å². The number of hydrogen-bond donors (Lipinski definition) is 1. The molecule has 6 heteroatoms. The lowest BCUT2D eigenvalue weighted by Crippen LogP contribution is -2.39. The molecular weight excluding hydrogens is 318 g/mol. The molecule has 2 aromatic carbocycles. The van der Waals surface area contributed by atoms with E-state index >= 15 is 0 Å². The smallest absolute Gasteiger partial charge is 0.270 e. The molecule has 0 saturated heterocycles. The zero-order chi connectivity index (χ0) is 17.1. The van der Waals surface area contributed by atoms with Crippen molar-refractivity contribution in [2.75, 3.05) is 0 Å². The van der Waals surface area contributed by atoms with E-state index in [0.717, 1.165) is 32.8 Å². The Labute approximate surface area is 139 Å². The lowest BCUT2D eigenvalue weighted by Gasteiger charge is -2.20. The monoisotopic (exact) mass is 335 g/mol. The molecule has 0 fully saturated rings. The highest BCUT2D eigenvalue weighted by atomic mass is 28.3. The summed E-state index contributed by atoms with van der Waals surface area (Å²) in [5, 5.41) is 15.6. The van der Waals surface area contributed by atoms with Crippen LogP contribution in [0.15, 0.2) is 42.5 Å². The van der Waals surface area contributed by atoms with Gasteiger partial charge in [-0.1, -0.05) is 37.8 Å². The fraction of sp³-hybridized carbons (Fsp3) is 0.167. The van der Waals surface area contributed by atoms with Crippen molar-refractivity contribution in [2.24, 2.45) is 0 Å². The summed E-state index contributed by atoms with van der Waals surface area (Å²) in [4.78, 5) is 19.0. The summed E-state index contributed by atoms with van der Waals surface area (Å²) in [5.74, 6) is 0. The van der Waals surface area contributed by atoms with E-state index in [-0.39, 0.29) is 10.6 Å². The van der Waals surface area contributed by atoms with E-state index in [1.807, 2.05) is 18.2 Å². The maximum atomic E-state index is 11.2. The number of nitrogens with one attached hydrogen (secondary N) is 1. The molecule has 24 heavy (non-hydrogen) atoms. The maximum Gasteiger partial charge on any atom is 0.270 e. The van der Waals surface area contributed by atoms with Gasteiger partial charge in [-0.2, -0.15) is 0 Å². The third kappa shape index (κ3) is 2.10. The Kier molecular flexibility index (Phi) is 3.02. The molecule has 0 atom stereocenters. The fourth-order valence-electron chi connectivity index (χ4n) is 3.43. The van der Waals surface area contributed by atoms with E-state index in [9.17, 15) is 10.1 Å². The van der Waals surface area contributed by atoms with Gasteiger partial charge in [0, 0.05) is 33.8 Å². The first-order valence-electron chi connectivity index (χ1n) is 7.85. The van der Waals surface area contributed by atoms with Gasteiger partial charge < -0.3 is 4.98 Å². The van der Waals surface area contributed by atoms with Crippen molar-refractivity contribution in [3.63, 3.8) is 0 Å². The summed E-state index contributed by atoms with van der Waals surface area (Å²) < 4.78 is 0. The summed E-state index contributed by atoms with van der Waals surface area (Å²) >= 11 is 0. The van der Waals surface area contributed by atoms with Crippen molar-refractivity contribution in [1.29, 1.82) is 0 Å². The van der Waals surface area contributed by atoms with Crippen LogP contribution in [0.1, 0.15) is 0 Å². The number of nitro benzene ring substituents is 1. The molecular formula is C18H17N3O2Si. The Bertz CT molecular complexity index is 1130. The Morgan fingerprint density at radius 3 is 2.54 bits per heavy atom. The van der Waals surface area contributed by atoms with Crippen molar-refractivity contribution < 1.29 is 4.92 Å². The van der Waals surface area contributed by atoms with E-state index in [2.05, 4.69) is 30.7 Å². The average Bonchev–Trinajstić information content (AvgIpc) is 2.88. The second-order valence-corrected chi connectivity index (χ2v) is 12.1. The predicted molar refractivity (Wildman–Crippen MR) is 101 cm³/mol. The number of H-pyrrole nitrogens is 1. The van der Waals surface area contributed by atoms with Crippen molar-refractivity contribution in [3.8, 4) is 0 Å². The van der Waals surface area contributed by atoms with Crippen LogP contribution in [-0.2, 0) is 0 Å². The number of non-ortho nitro benzene ring substituents is 1. The number of pyridine rings is 1. The summed E-state index contributed by atoms with van der Waals surface area (Å²) in [6.07, 6.45) is 0. The van der Waals surface area contributed by atoms with E-state index < -0.39 is 8.07 Å². The number of para-hydroxylation sites is 1. The molecule has 0 aliphatic carbocycles. The lowest BCUT2D eigenvalue weighted by molar-refractivity contribution is -0.384. The molecule has 5 nitrogen and oxygen atoms in total. The van der Waals surface area contributed by atoms with Gasteiger partial charge in [0.1, 0.15) is 5.65 Å². The molecule has 0 amide bonds. The summed E-state index contributed by atoms with van der Waals surface area (Å²) in [7, 11) is -1.78. The predicted octanol–water partition coefficient (Wildman–Crippen LogP) is 4.32. The molecule has 0 spiro atoms. The van der Waals surface area contributed by atoms with Crippen LogP contribution in [0.5, 0.6) is 0 Å². The Balaban J connectivity index is 2.28. The number of nitro groups is 1. The molecule has 0 bridgehead atoms. The Hall–Kier alpha value is -2.73. The highest BCUT2D eigenvalue weighted by Crippen LogP contribution is 2.30. The van der Waals surface area contributed by atoms with Crippen LogP contribution in [0.3, 0.4) is 0 Å². The van der Waals surface area contributed by atoms with E-state index in [1.165, 1.54) is 11.3 Å². The lowest BCUT2D eigenvalue weighted by atomic mass is 10.1. The van der Waals surface area contributed by atoms with Crippen molar-refractivity contribution >= 4 is 51.8 Å². The second kappa shape index (κ2) is 4.88. The molecule has 4 aromatic rings. The van der Waals surface area contributed by atoms with Gasteiger partial charge in [0.25, 0.3) is 5.69 Å². The minimum Gasteiger partial charge on any atom is -0.339 e. The van der Waals surface area contributed by atoms with E-state index in [0.29, 0.717) is 0 Å². The van der Waals surface area contributed by atoms with E-state index in [1.54, 1.807) is 12.1 Å². The van der Waals surface area contributed by atoms with Crippen LogP contribution < -0.4 is 5.19 Å². The van der Waals surface area contributed by atoms with Crippen LogP contribution in [0.2, 0.25) is 19.6 Å². The van der Waals surface area contributed by atoms with E-state index in [4.69, 9.17) is 4.98 Å². The molecule has 0 saturated carbocycles. The van der Waals surface area contributed by atoms with Gasteiger partial charge in [0.05, 0.1) is 18.5 Å². The normalized spacial score (nSPS) is 12.3. The van der Waals surface area contributed by atoms with Crippen molar-refractivity contribution in [2.45, 2.75) is 19.6 Å². The minimum atomic E-state index is -1.78. The molecule has 0 aliphatic heterocycles. The largest absolute Gasteiger partial charge is 0.339 e. The first kappa shape index (κ1) is 14.8. The number of hydrogen-bond acceptors (Lipinski definition) is 3. The highest BCUT2D eigenvalue weighted by Gasteiger charge is 2.26. The van der Waals surface area contributed by atoms with Crippen LogP contribution >= 0.6 is 0 Å². The first-order chi connectivity index (χ1) is 11.4. The third-order valence-electron chi connectivity index (χ3n) is 4.38. The van der Waals surface area contributed by atoms with Crippen molar-refractivity contribution in [3.05, 3.63) is 52.6 Å². The number of aromatic amines is 1. The second-order valence-electron chi connectivity index (χ2n) is 7.09. The molecule has 2 aromatic heterocycles. The Morgan fingerprint density at radius 2 is 1.83 bits per heavy atom. The van der Waals surface area contributed by atoms with Crippen LogP contribution in [0.25, 0.3) is 32.8 Å². The summed E-state index contributed by atoms with van der Waals surface area (Å²) in [5.41, 5.74) is 2.82. The van der Waals surface area contributed by atoms with Gasteiger partial charge in [-0.25, -0.2) is 4.98 Å². The molecule has 0 aliphatic rings. The number of rotatable bonds is 2. The van der Waals surface area contributed by atoms with Gasteiger partial charge in [-0.05, 0) is 17.3 Å². The Morgan fingerprint density at radius 1 is 1.08 bits per heavy atom. The van der Waals surface area contributed by atoms with Crippen molar-refractivity contribution in [1.82, 2.24) is 9.97 Å². The number of aromatic nitrogens is 2. The minimum absolute atomic E-state index is 0.114. The van der Waals surface area contributed by atoms with Gasteiger partial charge in [-0.3, -0.25) is 10.1 Å². The average molecular weight is 335 g/mol. The molecule has 120 valence electrons. The van der Waals surface area contributed by atoms with Crippen LogP contribution in [0, 0.1) is 10.1 Å². The molecule has 2 heterocycles. The zero-order valence-corrected chi connectivity index (χ0v) is 14.8. The number of benzene rings is 2. The third-order valence-corrected chi connectivity index (χ3v) is 6.40. The van der Waals surface area contributed by atoms with Gasteiger partial charge in [0.2, 0.25) is 0 Å². The molecule has 0 radical (unpaired) electrons. The SMILES string of the molecule is C[Si](C)(C)c1c2cc([N+](=O)[O-])ccc2nc2[nH]c3ccccc3c12. The fourth-order valence-corrected chi connectivity index (χ4v) is 5.45. The summed E-state index contributed by atoms with van der Waals surface area (Å²) in [6, 6.07) is 13.1. The number of nitrogens with zero attached hydrogens (tertiary/aromatic N) is 2. The zero-order valence-electron chi connectivity index (χ0n) is 13.8. The molecule has 0 unspecified atom stereocenters. The van der Waals surface area contributed by atoms with Crippen LogP contribution in [0.4, 0.5) is 5.69 Å². The topological polar surface area (TPSA) is 71.8 Å². The van der Waals surface area contributed by atoms with Gasteiger partial charge in [0.15, 0.2) is 0 Å². The molecule has 4 rings (SSSR count). The highest BCUT2D eigenvalue weighted by molar-refractivity contribution is 6.92. The van der Waals surface area contributed by atoms with Gasteiger partial charge in [-0.15, -0.1) is 0 Å². The quantitative estimate of drug-likeness (QED) is 0.337. The van der Waals surface area contributed by atoms with Crippen LogP contribution in [-0.4, -0.2) is 23.0 Å². The maximum absolute atomic E-state index is 11.2. The molecule has 1 N–H and O–H groups in total. The first-order valence-corrected chi connectivity index (χ1v) is 11.4. The standard InChI is InChI=1S/C18H17N3O2Si/c1-24(2,3)17-13-10-11(21(22)23)8-9-15(13)20-18-16(17)12-6-4-5-7-14(12)19-18/h4-10H,1-3H3,(H,19,20). The number of fused-ring (bicyclic) bond motifs is 4.